The summed E-state index contributed by atoms with van der Waals surface area (Å²) in [6, 6.07) is 8.74. The van der Waals surface area contributed by atoms with E-state index in [0.29, 0.717) is 11.3 Å². The molecular weight excluding hydrogens is 335 g/mol. The first-order valence-electron chi connectivity index (χ1n) is 7.02. The molecule has 0 aliphatic rings. The average molecular weight is 347 g/mol. The third-order valence-electron chi connectivity index (χ3n) is 3.26. The summed E-state index contributed by atoms with van der Waals surface area (Å²) in [5.41, 5.74) is 11.5. The molecule has 0 aliphatic carbocycles. The number of nitrogen functional groups attached to an aromatic ring is 2. The second kappa shape index (κ2) is 6.27. The van der Waals surface area contributed by atoms with Gasteiger partial charge in [-0.3, -0.25) is 4.98 Å². The summed E-state index contributed by atoms with van der Waals surface area (Å²) in [6.45, 7) is 0. The van der Waals surface area contributed by atoms with E-state index in [1.54, 1.807) is 24.3 Å². The Morgan fingerprint density at radius 3 is 2.28 bits per heavy atom. The van der Waals surface area contributed by atoms with Gasteiger partial charge in [-0.1, -0.05) is 12.1 Å². The molecule has 0 atom stereocenters. The lowest BCUT2D eigenvalue weighted by molar-refractivity contribution is -0.141. The first kappa shape index (κ1) is 16.5. The van der Waals surface area contributed by atoms with Crippen molar-refractivity contribution in [3.8, 4) is 22.6 Å². The van der Waals surface area contributed by atoms with Crippen LogP contribution in [-0.2, 0) is 6.18 Å². The van der Waals surface area contributed by atoms with E-state index in [2.05, 4.69) is 15.0 Å². The van der Waals surface area contributed by atoms with Crippen LogP contribution in [0.2, 0.25) is 0 Å². The van der Waals surface area contributed by atoms with Crippen molar-refractivity contribution in [2.45, 2.75) is 6.18 Å². The summed E-state index contributed by atoms with van der Waals surface area (Å²) in [5.74, 6) is 0.688. The van der Waals surface area contributed by atoms with Gasteiger partial charge < -0.3 is 16.2 Å². The Bertz CT molecular complexity index is 897. The number of halogens is 3. The highest BCUT2D eigenvalue weighted by atomic mass is 19.4. The lowest BCUT2D eigenvalue weighted by atomic mass is 10.1. The monoisotopic (exact) mass is 347 g/mol. The first-order chi connectivity index (χ1) is 11.8. The van der Waals surface area contributed by atoms with Gasteiger partial charge in [0.1, 0.15) is 23.0 Å². The van der Waals surface area contributed by atoms with Gasteiger partial charge >= 0.3 is 6.18 Å². The smallest absolute Gasteiger partial charge is 0.433 e. The van der Waals surface area contributed by atoms with Gasteiger partial charge in [0.15, 0.2) is 0 Å². The van der Waals surface area contributed by atoms with Gasteiger partial charge in [-0.05, 0) is 23.8 Å². The number of aromatic nitrogens is 3. The normalized spacial score (nSPS) is 11.3. The number of hydrogen-bond donors (Lipinski definition) is 2. The van der Waals surface area contributed by atoms with Crippen LogP contribution < -0.4 is 16.2 Å². The molecule has 0 fully saturated rings. The molecule has 0 unspecified atom stereocenters. The maximum absolute atomic E-state index is 12.7. The fourth-order valence-corrected chi connectivity index (χ4v) is 2.10. The largest absolute Gasteiger partial charge is 0.457 e. The molecule has 0 spiro atoms. The van der Waals surface area contributed by atoms with Gasteiger partial charge in [-0.2, -0.15) is 18.2 Å². The van der Waals surface area contributed by atoms with Crippen LogP contribution >= 0.6 is 0 Å². The van der Waals surface area contributed by atoms with Gasteiger partial charge in [0.25, 0.3) is 0 Å². The number of nitrogens with zero attached hydrogens (tertiary/aromatic N) is 3. The van der Waals surface area contributed by atoms with E-state index < -0.39 is 11.9 Å². The summed E-state index contributed by atoms with van der Waals surface area (Å²) in [5, 5.41) is 0. The molecular formula is C16H12F3N5O. The highest BCUT2D eigenvalue weighted by molar-refractivity contribution is 5.73. The van der Waals surface area contributed by atoms with Gasteiger partial charge in [0, 0.05) is 24.0 Å². The Morgan fingerprint density at radius 1 is 0.920 bits per heavy atom. The second-order valence-corrected chi connectivity index (χ2v) is 5.03. The minimum atomic E-state index is -4.53. The van der Waals surface area contributed by atoms with Crippen LogP contribution in [0.25, 0.3) is 11.1 Å². The van der Waals surface area contributed by atoms with Crippen LogP contribution in [0.3, 0.4) is 0 Å². The predicted molar refractivity (Wildman–Crippen MR) is 85.6 cm³/mol. The zero-order chi connectivity index (χ0) is 18.0. The van der Waals surface area contributed by atoms with Crippen LogP contribution in [0, 0.1) is 0 Å². The van der Waals surface area contributed by atoms with Crippen LogP contribution in [0.4, 0.5) is 24.9 Å². The number of nitrogens with two attached hydrogens (primary N) is 2. The van der Waals surface area contributed by atoms with Crippen molar-refractivity contribution in [1.82, 2.24) is 15.0 Å². The fourth-order valence-electron chi connectivity index (χ4n) is 2.10. The lowest BCUT2D eigenvalue weighted by Crippen LogP contribution is -2.07. The van der Waals surface area contributed by atoms with Crippen LogP contribution in [-0.4, -0.2) is 15.0 Å². The molecule has 2 aromatic heterocycles. The Balaban J connectivity index is 1.81. The number of ether oxygens (including phenoxy) is 1. The SMILES string of the molecule is Nc1ncc(-c2ccc(Oc3ccnc(C(F)(F)F)c3)cc2)c(N)n1. The molecule has 9 heteroatoms. The average Bonchev–Trinajstić information content (AvgIpc) is 2.55. The highest BCUT2D eigenvalue weighted by Gasteiger charge is 2.32. The topological polar surface area (TPSA) is 99.9 Å². The third-order valence-corrected chi connectivity index (χ3v) is 3.26. The van der Waals surface area contributed by atoms with Gasteiger partial charge in [-0.25, -0.2) is 4.98 Å². The molecule has 25 heavy (non-hydrogen) atoms. The molecule has 1 aromatic carbocycles. The minimum Gasteiger partial charge on any atom is -0.457 e. The predicted octanol–water partition coefficient (Wildman–Crippen LogP) is 3.51. The Labute approximate surface area is 140 Å². The molecule has 0 saturated heterocycles. The molecule has 0 radical (unpaired) electrons. The van der Waals surface area contributed by atoms with Crippen molar-refractivity contribution in [1.29, 1.82) is 0 Å². The first-order valence-corrected chi connectivity index (χ1v) is 7.02. The van der Waals surface area contributed by atoms with E-state index in [1.165, 1.54) is 12.3 Å². The van der Waals surface area contributed by atoms with Crippen molar-refractivity contribution in [3.63, 3.8) is 0 Å². The number of anilines is 2. The van der Waals surface area contributed by atoms with Crippen LogP contribution in [0.15, 0.2) is 48.8 Å². The van der Waals surface area contributed by atoms with E-state index in [0.717, 1.165) is 17.8 Å². The number of benzene rings is 1. The Kier molecular flexibility index (Phi) is 4.14. The molecule has 3 rings (SSSR count). The zero-order valence-electron chi connectivity index (χ0n) is 12.7. The maximum atomic E-state index is 12.7. The molecule has 3 aromatic rings. The van der Waals surface area contributed by atoms with Gasteiger partial charge in [-0.15, -0.1) is 0 Å². The van der Waals surface area contributed by atoms with Crippen molar-refractivity contribution >= 4 is 11.8 Å². The molecule has 4 N–H and O–H groups in total. The molecule has 0 aliphatic heterocycles. The van der Waals surface area contributed by atoms with Crippen LogP contribution in [0.1, 0.15) is 5.69 Å². The third kappa shape index (κ3) is 3.77. The minimum absolute atomic E-state index is 0.0328. The number of alkyl halides is 3. The molecule has 0 saturated carbocycles. The molecule has 128 valence electrons. The highest BCUT2D eigenvalue weighted by Crippen LogP contribution is 2.32. The molecule has 0 bridgehead atoms. The zero-order valence-corrected chi connectivity index (χ0v) is 12.7. The quantitative estimate of drug-likeness (QED) is 0.752. The summed E-state index contributed by atoms with van der Waals surface area (Å²) < 4.78 is 43.4. The summed E-state index contributed by atoms with van der Waals surface area (Å²) in [4.78, 5) is 11.0. The van der Waals surface area contributed by atoms with E-state index >= 15 is 0 Å². The Morgan fingerprint density at radius 2 is 1.64 bits per heavy atom. The van der Waals surface area contributed by atoms with Crippen molar-refractivity contribution in [3.05, 3.63) is 54.5 Å². The lowest BCUT2D eigenvalue weighted by Gasteiger charge is -2.10. The van der Waals surface area contributed by atoms with E-state index in [4.69, 9.17) is 16.2 Å². The summed E-state index contributed by atoms with van der Waals surface area (Å²) in [6.07, 6.45) is -2.00. The Hall–Kier alpha value is -3.36. The van der Waals surface area contributed by atoms with Crippen molar-refractivity contribution < 1.29 is 17.9 Å². The molecule has 6 nitrogen and oxygen atoms in total. The van der Waals surface area contributed by atoms with Crippen LogP contribution in [0.5, 0.6) is 11.5 Å². The molecule has 0 amide bonds. The molecule has 2 heterocycles. The van der Waals surface area contributed by atoms with E-state index in [1.807, 2.05) is 0 Å². The standard InChI is InChI=1S/C16H12F3N5O/c17-16(18,19)13-7-11(5-6-22-13)25-10-3-1-9(2-4-10)12-8-23-15(21)24-14(12)20/h1-8H,(H4,20,21,23,24). The summed E-state index contributed by atoms with van der Waals surface area (Å²) >= 11 is 0. The van der Waals surface area contributed by atoms with Gasteiger partial charge in [0.2, 0.25) is 5.95 Å². The van der Waals surface area contributed by atoms with E-state index in [-0.39, 0.29) is 17.5 Å². The second-order valence-electron chi connectivity index (χ2n) is 5.03. The number of rotatable bonds is 3. The number of hydrogen-bond acceptors (Lipinski definition) is 6. The van der Waals surface area contributed by atoms with Crippen molar-refractivity contribution in [2.75, 3.05) is 11.5 Å². The van der Waals surface area contributed by atoms with Gasteiger partial charge in [0.05, 0.1) is 0 Å². The van der Waals surface area contributed by atoms with E-state index in [9.17, 15) is 13.2 Å². The number of pyridine rings is 1. The van der Waals surface area contributed by atoms with Crippen molar-refractivity contribution in [2.24, 2.45) is 0 Å². The maximum Gasteiger partial charge on any atom is 0.433 e. The fraction of sp³-hybridized carbons (Fsp3) is 0.0625. The summed E-state index contributed by atoms with van der Waals surface area (Å²) in [7, 11) is 0.